The normalized spacial score (nSPS) is 27.7. The zero-order chi connectivity index (χ0) is 8.60. The van der Waals surface area contributed by atoms with Crippen LogP contribution in [0, 0.1) is 5.21 Å². The summed E-state index contributed by atoms with van der Waals surface area (Å²) >= 11 is 0. The van der Waals surface area contributed by atoms with Crippen LogP contribution in [-0.4, -0.2) is 6.54 Å². The molecule has 12 heavy (non-hydrogen) atoms. The van der Waals surface area contributed by atoms with Crippen LogP contribution in [0.15, 0.2) is 42.1 Å². The van der Waals surface area contributed by atoms with Gasteiger partial charge in [0.15, 0.2) is 0 Å². The summed E-state index contributed by atoms with van der Waals surface area (Å²) < 4.78 is -0.263. The molecule has 2 heteroatoms. The van der Waals surface area contributed by atoms with E-state index in [1.807, 2.05) is 43.3 Å². The molecule has 1 unspecified atom stereocenters. The highest BCUT2D eigenvalue weighted by Gasteiger charge is 2.29. The number of benzene rings is 1. The molecule has 0 aromatic heterocycles. The molecule has 1 aromatic carbocycles. The molecular weight excluding hydrogens is 150 g/mol. The second kappa shape index (κ2) is 2.44. The summed E-state index contributed by atoms with van der Waals surface area (Å²) in [6, 6.07) is 9.49. The van der Waals surface area contributed by atoms with Gasteiger partial charge in [-0.05, 0) is 12.1 Å². The Hall–Kier alpha value is -1.12. The van der Waals surface area contributed by atoms with Gasteiger partial charge in [-0.1, -0.05) is 18.2 Å². The molecule has 0 saturated carbocycles. The number of hydrogen-bond acceptors (Lipinski definition) is 1. The summed E-state index contributed by atoms with van der Waals surface area (Å²) in [5, 5.41) is 12.0. The number of nitrogens with zero attached hydrogens (tertiary/aromatic N) is 1. The summed E-state index contributed by atoms with van der Waals surface area (Å²) in [7, 11) is 0. The first-order valence-electron chi connectivity index (χ1n) is 4.05. The summed E-state index contributed by atoms with van der Waals surface area (Å²) in [6.07, 6.45) is 1.97. The van der Waals surface area contributed by atoms with E-state index in [1.165, 1.54) is 0 Å². The minimum absolute atomic E-state index is 0.263. The molecule has 0 radical (unpaired) electrons. The zero-order valence-electron chi connectivity index (χ0n) is 7.03. The van der Waals surface area contributed by atoms with Crippen LogP contribution in [0.4, 0.5) is 5.69 Å². The highest BCUT2D eigenvalue weighted by molar-refractivity contribution is 5.52. The van der Waals surface area contributed by atoms with Crippen molar-refractivity contribution in [2.24, 2.45) is 0 Å². The maximum atomic E-state index is 12.0. The highest BCUT2D eigenvalue weighted by Crippen LogP contribution is 2.32. The predicted octanol–water partition coefficient (Wildman–Crippen LogP) is 2.41. The van der Waals surface area contributed by atoms with Crippen LogP contribution in [0.2, 0.25) is 0 Å². The molecule has 0 saturated heterocycles. The summed E-state index contributed by atoms with van der Waals surface area (Å²) in [5.41, 5.74) is 1.72. The quantitative estimate of drug-likeness (QED) is 0.458. The lowest BCUT2D eigenvalue weighted by molar-refractivity contribution is 0.446. The monoisotopic (exact) mass is 161 g/mol. The number of allylic oxidation sites excluding steroid dienone is 1. The molecule has 0 N–H and O–H groups in total. The van der Waals surface area contributed by atoms with Crippen LogP contribution in [-0.2, 0) is 0 Å². The number of quaternary nitrogens is 1. The van der Waals surface area contributed by atoms with Gasteiger partial charge in [0.25, 0.3) is 0 Å². The fourth-order valence-electron chi connectivity index (χ4n) is 1.42. The third kappa shape index (κ3) is 0.891. The molecule has 0 bridgehead atoms. The largest absolute Gasteiger partial charge is 0.622 e. The third-order valence-electron chi connectivity index (χ3n) is 2.39. The van der Waals surface area contributed by atoms with Crippen LogP contribution in [0.1, 0.15) is 6.92 Å². The Kier molecular flexibility index (Phi) is 1.53. The average Bonchev–Trinajstić information content (AvgIpc) is 2.16. The van der Waals surface area contributed by atoms with Crippen molar-refractivity contribution in [1.82, 2.24) is 4.65 Å². The number of hydroxylamine groups is 2. The molecule has 2 nitrogen and oxygen atoms in total. The van der Waals surface area contributed by atoms with Crippen molar-refractivity contribution >= 4 is 5.69 Å². The summed E-state index contributed by atoms with van der Waals surface area (Å²) in [4.78, 5) is 0. The topological polar surface area (TPSA) is 23.1 Å². The number of para-hydroxylation sites is 1. The van der Waals surface area contributed by atoms with Gasteiger partial charge in [-0.25, -0.2) is 0 Å². The minimum atomic E-state index is -0.263. The van der Waals surface area contributed by atoms with E-state index < -0.39 is 0 Å². The Bertz CT molecular complexity index is 318. The first-order valence-corrected chi connectivity index (χ1v) is 4.05. The highest BCUT2D eigenvalue weighted by atomic mass is 16.5. The van der Waals surface area contributed by atoms with Crippen LogP contribution in [0.3, 0.4) is 0 Å². The maximum absolute atomic E-state index is 12.0. The number of hydrogen-bond donors (Lipinski definition) is 0. The van der Waals surface area contributed by atoms with Gasteiger partial charge < -0.3 is 5.21 Å². The van der Waals surface area contributed by atoms with E-state index in [-0.39, 0.29) is 4.65 Å². The first-order chi connectivity index (χ1) is 5.73. The lowest BCUT2D eigenvalue weighted by Crippen LogP contribution is -2.47. The zero-order valence-corrected chi connectivity index (χ0v) is 7.03. The molecule has 62 valence electrons. The van der Waals surface area contributed by atoms with Crippen molar-refractivity contribution < 1.29 is 0 Å². The Morgan fingerprint density at radius 1 is 1.25 bits per heavy atom. The molecule has 0 amide bonds. The predicted molar refractivity (Wildman–Crippen MR) is 50.2 cm³/mol. The molecule has 1 aliphatic heterocycles. The molecule has 0 aliphatic carbocycles. The first kappa shape index (κ1) is 7.53. The minimum Gasteiger partial charge on any atom is -0.622 e. The lowest BCUT2D eigenvalue weighted by atomic mass is 10.1. The lowest BCUT2D eigenvalue weighted by Gasteiger charge is -2.46. The second-order valence-electron chi connectivity index (χ2n) is 3.10. The summed E-state index contributed by atoms with van der Waals surface area (Å²) in [5.74, 6) is 0. The van der Waals surface area contributed by atoms with Gasteiger partial charge in [0, 0.05) is 13.0 Å². The smallest absolute Gasteiger partial charge is 0.137 e. The van der Waals surface area contributed by atoms with Gasteiger partial charge in [-0.15, -0.1) is 0 Å². The van der Waals surface area contributed by atoms with E-state index in [4.69, 9.17) is 0 Å². The molecule has 1 atom stereocenters. The van der Waals surface area contributed by atoms with Crippen LogP contribution in [0.5, 0.6) is 0 Å². The molecule has 0 spiro atoms. The molecule has 2 rings (SSSR count). The van der Waals surface area contributed by atoms with Crippen molar-refractivity contribution in [2.75, 3.05) is 6.54 Å². The van der Waals surface area contributed by atoms with E-state index in [0.717, 1.165) is 11.4 Å². The van der Waals surface area contributed by atoms with E-state index in [0.29, 0.717) is 6.54 Å². The third-order valence-corrected chi connectivity index (χ3v) is 2.39. The summed E-state index contributed by atoms with van der Waals surface area (Å²) in [6.45, 7) is 2.46. The van der Waals surface area contributed by atoms with E-state index >= 15 is 0 Å². The molecule has 1 aliphatic rings. The standard InChI is InChI=1S/C10H11NO/c1-9-7-8-11(9,12)10-5-3-2-4-6-10/h2-7H,8H2,1H3. The van der Waals surface area contributed by atoms with E-state index in [2.05, 4.69) is 0 Å². The van der Waals surface area contributed by atoms with Crippen molar-refractivity contribution in [1.29, 1.82) is 0 Å². The molecular formula is C10H11NO. The van der Waals surface area contributed by atoms with Gasteiger partial charge in [0.05, 0.1) is 0 Å². The Morgan fingerprint density at radius 2 is 1.92 bits per heavy atom. The fourth-order valence-corrected chi connectivity index (χ4v) is 1.42. The van der Waals surface area contributed by atoms with Crippen LogP contribution >= 0.6 is 0 Å². The van der Waals surface area contributed by atoms with Gasteiger partial charge in [-0.2, -0.15) is 0 Å². The van der Waals surface area contributed by atoms with Crippen molar-refractivity contribution in [3.8, 4) is 0 Å². The van der Waals surface area contributed by atoms with Gasteiger partial charge in [0.2, 0.25) is 0 Å². The average molecular weight is 161 g/mol. The Balaban J connectivity index is 2.39. The van der Waals surface area contributed by atoms with Gasteiger partial charge in [-0.3, -0.25) is 4.65 Å². The Labute approximate surface area is 71.9 Å². The van der Waals surface area contributed by atoms with Crippen LogP contribution < -0.4 is 4.65 Å². The van der Waals surface area contributed by atoms with Gasteiger partial charge >= 0.3 is 0 Å². The Morgan fingerprint density at radius 3 is 2.33 bits per heavy atom. The van der Waals surface area contributed by atoms with Crippen molar-refractivity contribution in [3.63, 3.8) is 0 Å². The maximum Gasteiger partial charge on any atom is 0.137 e. The molecule has 1 aromatic rings. The van der Waals surface area contributed by atoms with Crippen molar-refractivity contribution in [3.05, 3.63) is 47.3 Å². The van der Waals surface area contributed by atoms with E-state index in [9.17, 15) is 5.21 Å². The fraction of sp³-hybridized carbons (Fsp3) is 0.200. The second-order valence-corrected chi connectivity index (χ2v) is 3.10. The van der Waals surface area contributed by atoms with Gasteiger partial charge in [0.1, 0.15) is 17.9 Å². The van der Waals surface area contributed by atoms with Crippen molar-refractivity contribution in [2.45, 2.75) is 6.92 Å². The SMILES string of the molecule is CC1=CC[N+]1([O-])c1ccccc1. The molecule has 1 heterocycles. The van der Waals surface area contributed by atoms with Crippen LogP contribution in [0.25, 0.3) is 0 Å². The van der Waals surface area contributed by atoms with E-state index in [1.54, 1.807) is 0 Å². The number of rotatable bonds is 1. The molecule has 0 fully saturated rings.